The van der Waals surface area contributed by atoms with E-state index in [1.54, 1.807) is 29.2 Å². The second-order valence-corrected chi connectivity index (χ2v) is 9.27. The van der Waals surface area contributed by atoms with Crippen molar-refractivity contribution in [3.8, 4) is 0 Å². The summed E-state index contributed by atoms with van der Waals surface area (Å²) in [6, 6.07) is 14.3. The average Bonchev–Trinajstić information content (AvgIpc) is 3.61. The zero-order chi connectivity index (χ0) is 21.8. The third-order valence-corrected chi connectivity index (χ3v) is 6.71. The minimum Gasteiger partial charge on any atom is -0.444 e. The zero-order valence-corrected chi connectivity index (χ0v) is 17.7. The molecule has 9 heteroatoms. The van der Waals surface area contributed by atoms with Gasteiger partial charge in [-0.1, -0.05) is 30.3 Å². The molecule has 0 radical (unpaired) electrons. The monoisotopic (exact) mass is 444 g/mol. The molecule has 1 unspecified atom stereocenters. The van der Waals surface area contributed by atoms with Gasteiger partial charge < -0.3 is 14.4 Å². The smallest absolute Gasteiger partial charge is 0.339 e. The molecule has 1 aliphatic carbocycles. The Bertz CT molecular complexity index is 1030. The number of esters is 1. The molecule has 1 atom stereocenters. The number of sulfonamides is 1. The first-order valence-electron chi connectivity index (χ1n) is 10.2. The van der Waals surface area contributed by atoms with Gasteiger partial charge in [-0.25, -0.2) is 17.9 Å². The maximum Gasteiger partial charge on any atom is 0.339 e. The molecule has 1 heterocycles. The molecule has 1 N–H and O–H groups in total. The van der Waals surface area contributed by atoms with Gasteiger partial charge in [-0.15, -0.1) is 0 Å². The summed E-state index contributed by atoms with van der Waals surface area (Å²) in [6.07, 6.45) is 0.579. The maximum absolute atomic E-state index is 13.1. The van der Waals surface area contributed by atoms with Crippen LogP contribution in [0.25, 0.3) is 0 Å². The number of hydrogen-bond acceptors (Lipinski definition) is 6. The van der Waals surface area contributed by atoms with Gasteiger partial charge in [-0.05, 0) is 37.1 Å². The highest BCUT2D eigenvalue weighted by Gasteiger charge is 2.31. The minimum atomic E-state index is -3.61. The van der Waals surface area contributed by atoms with Crippen molar-refractivity contribution in [1.29, 1.82) is 0 Å². The summed E-state index contributed by atoms with van der Waals surface area (Å²) >= 11 is 0. The number of rotatable bonds is 7. The van der Waals surface area contributed by atoms with Crippen molar-refractivity contribution in [3.05, 3.63) is 65.7 Å². The van der Waals surface area contributed by atoms with Gasteiger partial charge in [0.2, 0.25) is 16.1 Å². The van der Waals surface area contributed by atoms with Crippen molar-refractivity contribution in [1.82, 2.24) is 9.62 Å². The van der Waals surface area contributed by atoms with E-state index in [9.17, 15) is 18.0 Å². The summed E-state index contributed by atoms with van der Waals surface area (Å²) in [5.41, 5.74) is 0.737. The van der Waals surface area contributed by atoms with E-state index in [0.717, 1.165) is 12.8 Å². The molecule has 1 aliphatic heterocycles. The van der Waals surface area contributed by atoms with E-state index in [2.05, 4.69) is 4.72 Å². The van der Waals surface area contributed by atoms with Crippen molar-refractivity contribution in [2.24, 2.45) is 0 Å². The normalized spacial score (nSPS) is 17.7. The number of morpholine rings is 1. The number of amides is 1. The molecule has 8 nitrogen and oxygen atoms in total. The molecule has 0 bridgehead atoms. The summed E-state index contributed by atoms with van der Waals surface area (Å²) in [5.74, 6) is -1.01. The third kappa shape index (κ3) is 5.30. The molecule has 2 aliphatic rings. The van der Waals surface area contributed by atoms with E-state index >= 15 is 0 Å². The van der Waals surface area contributed by atoms with Crippen LogP contribution in [-0.2, 0) is 24.3 Å². The van der Waals surface area contributed by atoms with Crippen LogP contribution in [0.15, 0.2) is 59.5 Å². The van der Waals surface area contributed by atoms with Crippen LogP contribution in [0.3, 0.4) is 0 Å². The van der Waals surface area contributed by atoms with Crippen LogP contribution in [0.1, 0.15) is 34.9 Å². The van der Waals surface area contributed by atoms with Crippen LogP contribution in [-0.4, -0.2) is 57.5 Å². The molecule has 4 rings (SSSR count). The van der Waals surface area contributed by atoms with E-state index in [0.29, 0.717) is 31.9 Å². The fraction of sp³-hybridized carbons (Fsp3) is 0.364. The van der Waals surface area contributed by atoms with E-state index in [1.807, 2.05) is 6.07 Å². The fourth-order valence-electron chi connectivity index (χ4n) is 3.27. The van der Waals surface area contributed by atoms with E-state index in [1.165, 1.54) is 24.3 Å². The highest BCUT2D eigenvalue weighted by atomic mass is 32.2. The van der Waals surface area contributed by atoms with E-state index in [4.69, 9.17) is 9.47 Å². The van der Waals surface area contributed by atoms with Crippen LogP contribution < -0.4 is 4.72 Å². The van der Waals surface area contributed by atoms with Crippen LogP contribution in [0.4, 0.5) is 0 Å². The van der Waals surface area contributed by atoms with E-state index in [-0.39, 0.29) is 22.4 Å². The average molecular weight is 445 g/mol. The first-order chi connectivity index (χ1) is 14.9. The first kappa shape index (κ1) is 21.5. The number of carbonyl (C=O) groups is 2. The standard InChI is InChI=1S/C22H24N2O6S/c25-21(24-12-14-29-15-13-24)20(16-4-2-1-3-5-16)30-22(26)17-6-10-19(11-7-17)31(27,28)23-18-8-9-18/h1-7,10-11,18,20,23H,8-9,12-15H2. The van der Waals surface area contributed by atoms with Crippen molar-refractivity contribution in [3.63, 3.8) is 0 Å². The molecule has 31 heavy (non-hydrogen) atoms. The number of ether oxygens (including phenoxy) is 2. The Kier molecular flexibility index (Phi) is 6.35. The van der Waals surface area contributed by atoms with Crippen molar-refractivity contribution in [2.75, 3.05) is 26.3 Å². The van der Waals surface area contributed by atoms with Gasteiger partial charge >= 0.3 is 5.97 Å². The number of nitrogens with one attached hydrogen (secondary N) is 1. The van der Waals surface area contributed by atoms with Gasteiger partial charge in [0.05, 0.1) is 23.7 Å². The molecule has 1 saturated carbocycles. The second-order valence-electron chi connectivity index (χ2n) is 7.55. The highest BCUT2D eigenvalue weighted by molar-refractivity contribution is 7.89. The second kappa shape index (κ2) is 9.17. The van der Waals surface area contributed by atoms with Crippen molar-refractivity contribution in [2.45, 2.75) is 29.9 Å². The summed E-state index contributed by atoms with van der Waals surface area (Å²) < 4.78 is 38.1. The Morgan fingerprint density at radius 3 is 2.26 bits per heavy atom. The summed E-state index contributed by atoms with van der Waals surface area (Å²) in [5, 5.41) is 0. The highest BCUT2D eigenvalue weighted by Crippen LogP contribution is 2.24. The summed E-state index contributed by atoms with van der Waals surface area (Å²) in [7, 11) is -3.61. The Balaban J connectivity index is 1.51. The van der Waals surface area contributed by atoms with Crippen LogP contribution in [0.5, 0.6) is 0 Å². The maximum atomic E-state index is 13.1. The van der Waals surface area contributed by atoms with E-state index < -0.39 is 22.1 Å². The summed E-state index contributed by atoms with van der Waals surface area (Å²) in [4.78, 5) is 27.5. The van der Waals surface area contributed by atoms with Crippen LogP contribution in [0, 0.1) is 0 Å². The summed E-state index contributed by atoms with van der Waals surface area (Å²) in [6.45, 7) is 1.73. The van der Waals surface area contributed by atoms with Crippen molar-refractivity contribution < 1.29 is 27.5 Å². The molecule has 1 saturated heterocycles. The largest absolute Gasteiger partial charge is 0.444 e. The van der Waals surface area contributed by atoms with Gasteiger partial charge in [0.15, 0.2) is 0 Å². The van der Waals surface area contributed by atoms with Crippen molar-refractivity contribution >= 4 is 21.9 Å². The van der Waals surface area contributed by atoms with Gasteiger partial charge in [0.1, 0.15) is 0 Å². The minimum absolute atomic E-state index is 0.00697. The molecule has 0 spiro atoms. The molecular formula is C22H24N2O6S. The first-order valence-corrected chi connectivity index (χ1v) is 11.7. The molecular weight excluding hydrogens is 420 g/mol. The fourth-order valence-corrected chi connectivity index (χ4v) is 4.58. The lowest BCUT2D eigenvalue weighted by molar-refractivity contribution is -0.145. The quantitative estimate of drug-likeness (QED) is 0.655. The van der Waals surface area contributed by atoms with Crippen LogP contribution >= 0.6 is 0 Å². The third-order valence-electron chi connectivity index (χ3n) is 5.17. The number of carbonyl (C=O) groups excluding carboxylic acids is 2. The molecule has 2 fully saturated rings. The number of benzene rings is 2. The Labute approximate surface area is 181 Å². The SMILES string of the molecule is O=C(OC(C(=O)N1CCOCC1)c1ccccc1)c1ccc(S(=O)(=O)NC2CC2)cc1. The zero-order valence-electron chi connectivity index (χ0n) is 16.9. The molecule has 164 valence electrons. The lowest BCUT2D eigenvalue weighted by Gasteiger charge is -2.30. The predicted molar refractivity (Wildman–Crippen MR) is 112 cm³/mol. The van der Waals surface area contributed by atoms with Gasteiger partial charge in [-0.2, -0.15) is 0 Å². The van der Waals surface area contributed by atoms with Gasteiger partial charge in [0, 0.05) is 24.7 Å². The molecule has 2 aromatic carbocycles. The lowest BCUT2D eigenvalue weighted by atomic mass is 10.1. The van der Waals surface area contributed by atoms with Gasteiger partial charge in [0.25, 0.3) is 5.91 Å². The van der Waals surface area contributed by atoms with Gasteiger partial charge in [-0.3, -0.25) is 4.79 Å². The van der Waals surface area contributed by atoms with Crippen LogP contribution in [0.2, 0.25) is 0 Å². The molecule has 1 amide bonds. The lowest BCUT2D eigenvalue weighted by Crippen LogP contribution is -2.44. The molecule has 0 aromatic heterocycles. The molecule has 2 aromatic rings. The Hall–Kier alpha value is -2.75. The number of nitrogens with zero attached hydrogens (tertiary/aromatic N) is 1. The number of hydrogen-bond donors (Lipinski definition) is 1. The Morgan fingerprint density at radius 2 is 1.65 bits per heavy atom. The topological polar surface area (TPSA) is 102 Å². The Morgan fingerprint density at radius 1 is 1.00 bits per heavy atom. The predicted octanol–water partition coefficient (Wildman–Crippen LogP) is 1.88.